The molecule has 0 amide bonds. The molecule has 0 saturated carbocycles. The number of aliphatic hydroxyl groups excluding tert-OH is 1. The highest BCUT2D eigenvalue weighted by Gasteiger charge is 2.01. The Morgan fingerprint density at radius 3 is 2.62 bits per heavy atom. The van der Waals surface area contributed by atoms with Crippen LogP contribution in [0.2, 0.25) is 0 Å². The van der Waals surface area contributed by atoms with Crippen LogP contribution in [0.25, 0.3) is 0 Å². The largest absolute Gasteiger partial charge is 0.491 e. The van der Waals surface area contributed by atoms with Gasteiger partial charge in [-0.1, -0.05) is 31.5 Å². The summed E-state index contributed by atoms with van der Waals surface area (Å²) in [5.74, 6) is 0.847. The van der Waals surface area contributed by atoms with Crippen molar-refractivity contribution >= 4 is 0 Å². The Kier molecular flexibility index (Phi) is 6.61. The lowest BCUT2D eigenvalue weighted by Gasteiger charge is -2.10. The van der Waals surface area contributed by atoms with E-state index in [9.17, 15) is 5.11 Å². The first kappa shape index (κ1) is 13.0. The first-order valence-corrected chi connectivity index (χ1v) is 5.76. The molecule has 0 aromatic heterocycles. The molecule has 1 unspecified atom stereocenters. The average Bonchev–Trinajstić information content (AvgIpc) is 2.30. The van der Waals surface area contributed by atoms with E-state index in [4.69, 9.17) is 9.47 Å². The smallest absolute Gasteiger partial charge is 0.119 e. The number of rotatable bonds is 8. The van der Waals surface area contributed by atoms with E-state index in [-0.39, 0.29) is 6.10 Å². The number of ether oxygens (including phenoxy) is 2. The van der Waals surface area contributed by atoms with Crippen LogP contribution in [0, 0.1) is 0 Å². The van der Waals surface area contributed by atoms with E-state index in [1.165, 1.54) is 0 Å². The minimum absolute atomic E-state index is 0.346. The predicted molar refractivity (Wildman–Crippen MR) is 63.7 cm³/mol. The Hall–Kier alpha value is -1.06. The third-order valence-electron chi connectivity index (χ3n) is 2.17. The minimum atomic E-state index is -0.346. The zero-order chi connectivity index (χ0) is 11.6. The fourth-order valence-corrected chi connectivity index (χ4v) is 1.37. The second-order valence-corrected chi connectivity index (χ2v) is 3.68. The number of benzene rings is 1. The van der Waals surface area contributed by atoms with Gasteiger partial charge in [0.05, 0.1) is 19.3 Å². The molecule has 0 fully saturated rings. The molecule has 0 radical (unpaired) electrons. The summed E-state index contributed by atoms with van der Waals surface area (Å²) >= 11 is 0. The predicted octanol–water partition coefficient (Wildman–Crippen LogP) is 2.24. The minimum Gasteiger partial charge on any atom is -0.491 e. The van der Waals surface area contributed by atoms with Crippen molar-refractivity contribution in [1.29, 1.82) is 0 Å². The van der Waals surface area contributed by atoms with Gasteiger partial charge >= 0.3 is 0 Å². The Morgan fingerprint density at radius 2 is 1.94 bits per heavy atom. The van der Waals surface area contributed by atoms with Crippen LogP contribution < -0.4 is 4.74 Å². The third-order valence-corrected chi connectivity index (χ3v) is 2.17. The zero-order valence-electron chi connectivity index (χ0n) is 9.76. The molecule has 1 aromatic carbocycles. The van der Waals surface area contributed by atoms with Gasteiger partial charge in [-0.3, -0.25) is 0 Å². The standard InChI is InChI=1S/C13H20O3/c1-2-6-12(14)11-15-9-10-16-13-7-4-3-5-8-13/h3-5,7-8,12,14H,2,6,9-11H2,1H3. The maximum absolute atomic E-state index is 9.40. The van der Waals surface area contributed by atoms with Crippen LogP contribution in [-0.4, -0.2) is 31.0 Å². The van der Waals surface area contributed by atoms with Crippen molar-refractivity contribution in [1.82, 2.24) is 0 Å². The molecule has 0 aliphatic heterocycles. The van der Waals surface area contributed by atoms with Crippen LogP contribution in [0.1, 0.15) is 19.8 Å². The molecule has 16 heavy (non-hydrogen) atoms. The van der Waals surface area contributed by atoms with Crippen LogP contribution >= 0.6 is 0 Å². The molecule has 3 heteroatoms. The van der Waals surface area contributed by atoms with E-state index in [0.717, 1.165) is 18.6 Å². The van der Waals surface area contributed by atoms with Gasteiger partial charge in [0.2, 0.25) is 0 Å². The topological polar surface area (TPSA) is 38.7 Å². The second kappa shape index (κ2) is 8.13. The van der Waals surface area contributed by atoms with Crippen molar-refractivity contribution in [2.24, 2.45) is 0 Å². The van der Waals surface area contributed by atoms with E-state index >= 15 is 0 Å². The molecule has 90 valence electrons. The van der Waals surface area contributed by atoms with E-state index in [1.54, 1.807) is 0 Å². The van der Waals surface area contributed by atoms with Crippen molar-refractivity contribution in [2.45, 2.75) is 25.9 Å². The zero-order valence-corrected chi connectivity index (χ0v) is 9.76. The molecule has 0 saturated heterocycles. The summed E-state index contributed by atoms with van der Waals surface area (Å²) in [5, 5.41) is 9.40. The monoisotopic (exact) mass is 224 g/mol. The summed E-state index contributed by atoms with van der Waals surface area (Å²) in [7, 11) is 0. The van der Waals surface area contributed by atoms with Crippen molar-refractivity contribution in [2.75, 3.05) is 19.8 Å². The molecule has 0 heterocycles. The van der Waals surface area contributed by atoms with Crippen LogP contribution in [0.15, 0.2) is 30.3 Å². The first-order valence-electron chi connectivity index (χ1n) is 5.76. The Morgan fingerprint density at radius 1 is 1.19 bits per heavy atom. The van der Waals surface area contributed by atoms with Gasteiger partial charge in [0.25, 0.3) is 0 Å². The van der Waals surface area contributed by atoms with Crippen LogP contribution in [0.4, 0.5) is 0 Å². The quantitative estimate of drug-likeness (QED) is 0.688. The van der Waals surface area contributed by atoms with Crippen molar-refractivity contribution in [3.8, 4) is 5.75 Å². The van der Waals surface area contributed by atoms with Gasteiger partial charge in [0.15, 0.2) is 0 Å². The number of aliphatic hydroxyl groups is 1. The molecule has 0 aliphatic carbocycles. The van der Waals surface area contributed by atoms with Crippen molar-refractivity contribution in [3.05, 3.63) is 30.3 Å². The molecule has 0 aliphatic rings. The van der Waals surface area contributed by atoms with Crippen molar-refractivity contribution < 1.29 is 14.6 Å². The lowest BCUT2D eigenvalue weighted by Crippen LogP contribution is -2.17. The van der Waals surface area contributed by atoms with E-state index in [2.05, 4.69) is 0 Å². The van der Waals surface area contributed by atoms with Crippen LogP contribution in [0.5, 0.6) is 5.75 Å². The summed E-state index contributed by atoms with van der Waals surface area (Å²) in [4.78, 5) is 0. The molecule has 1 rings (SSSR count). The third kappa shape index (κ3) is 5.73. The molecular formula is C13H20O3. The van der Waals surface area contributed by atoms with Crippen LogP contribution in [0.3, 0.4) is 0 Å². The van der Waals surface area contributed by atoms with Gasteiger partial charge in [0, 0.05) is 0 Å². The Labute approximate surface area is 97.0 Å². The summed E-state index contributed by atoms with van der Waals surface area (Å²) in [5.41, 5.74) is 0. The fraction of sp³-hybridized carbons (Fsp3) is 0.538. The lowest BCUT2D eigenvalue weighted by molar-refractivity contribution is 0.0209. The van der Waals surface area contributed by atoms with Gasteiger partial charge in [-0.15, -0.1) is 0 Å². The fourth-order valence-electron chi connectivity index (χ4n) is 1.37. The van der Waals surface area contributed by atoms with Gasteiger partial charge < -0.3 is 14.6 Å². The van der Waals surface area contributed by atoms with Crippen molar-refractivity contribution in [3.63, 3.8) is 0 Å². The molecule has 1 N–H and O–H groups in total. The number of para-hydroxylation sites is 1. The van der Waals surface area contributed by atoms with E-state index in [0.29, 0.717) is 19.8 Å². The van der Waals surface area contributed by atoms with Gasteiger partial charge in [-0.05, 0) is 18.6 Å². The maximum atomic E-state index is 9.40. The van der Waals surface area contributed by atoms with Gasteiger partial charge in [0.1, 0.15) is 12.4 Å². The van der Waals surface area contributed by atoms with E-state index in [1.807, 2.05) is 37.3 Å². The molecule has 0 spiro atoms. The van der Waals surface area contributed by atoms with Crippen LogP contribution in [-0.2, 0) is 4.74 Å². The summed E-state index contributed by atoms with van der Waals surface area (Å²) < 4.78 is 10.7. The summed E-state index contributed by atoms with van der Waals surface area (Å²) in [6.07, 6.45) is 1.42. The maximum Gasteiger partial charge on any atom is 0.119 e. The molecule has 1 atom stereocenters. The van der Waals surface area contributed by atoms with Gasteiger partial charge in [-0.25, -0.2) is 0 Å². The normalized spacial score (nSPS) is 12.4. The molecular weight excluding hydrogens is 204 g/mol. The summed E-state index contributed by atoms with van der Waals surface area (Å²) in [6.45, 7) is 3.46. The number of hydrogen-bond acceptors (Lipinski definition) is 3. The lowest BCUT2D eigenvalue weighted by atomic mass is 10.2. The highest BCUT2D eigenvalue weighted by Crippen LogP contribution is 2.07. The first-order chi connectivity index (χ1) is 7.83. The summed E-state index contributed by atoms with van der Waals surface area (Å²) in [6, 6.07) is 9.63. The average molecular weight is 224 g/mol. The molecule has 0 bridgehead atoms. The van der Waals surface area contributed by atoms with E-state index < -0.39 is 0 Å². The molecule has 1 aromatic rings. The highest BCUT2D eigenvalue weighted by molar-refractivity contribution is 5.20. The molecule has 3 nitrogen and oxygen atoms in total. The SMILES string of the molecule is CCCC(O)COCCOc1ccccc1. The highest BCUT2D eigenvalue weighted by atomic mass is 16.5. The Balaban J connectivity index is 2.00. The van der Waals surface area contributed by atoms with Gasteiger partial charge in [-0.2, -0.15) is 0 Å². The Bertz CT molecular complexity index is 261. The number of hydrogen-bond donors (Lipinski definition) is 1. The second-order valence-electron chi connectivity index (χ2n) is 3.68.